The number of hydrogen-bond acceptors (Lipinski definition) is 4. The van der Waals surface area contributed by atoms with Gasteiger partial charge in [0.15, 0.2) is 0 Å². The van der Waals surface area contributed by atoms with E-state index in [1.54, 1.807) is 0 Å². The van der Waals surface area contributed by atoms with Crippen LogP contribution in [-0.2, 0) is 18.1 Å². The number of aliphatic carboxylic acids is 1. The van der Waals surface area contributed by atoms with Gasteiger partial charge < -0.3 is 18.4 Å². The first-order chi connectivity index (χ1) is 8.60. The van der Waals surface area contributed by atoms with E-state index in [0.29, 0.717) is 25.9 Å². The minimum atomic E-state index is -2.80. The highest BCUT2D eigenvalue weighted by Gasteiger charge is 2.41. The van der Waals surface area contributed by atoms with Crippen molar-refractivity contribution < 1.29 is 23.2 Å². The molecule has 0 aromatic heterocycles. The predicted molar refractivity (Wildman–Crippen MR) is 71.5 cm³/mol. The lowest BCUT2D eigenvalue weighted by atomic mass is 10.5. The Labute approximate surface area is 111 Å². The number of rotatable bonds is 12. The SMILES string of the molecule is CCCO[Si](CCC(=O)O)(OCCC)OCCC. The molecule has 108 valence electrons. The van der Waals surface area contributed by atoms with Crippen molar-refractivity contribution in [2.45, 2.75) is 52.5 Å². The molecule has 1 N–H and O–H groups in total. The maximum Gasteiger partial charge on any atom is 0.501 e. The molecular formula is C12H26O5Si. The Morgan fingerprint density at radius 1 is 0.944 bits per heavy atom. The van der Waals surface area contributed by atoms with Gasteiger partial charge in [0.25, 0.3) is 0 Å². The summed E-state index contributed by atoms with van der Waals surface area (Å²) < 4.78 is 17.3. The molecule has 6 heteroatoms. The van der Waals surface area contributed by atoms with Crippen LogP contribution in [0.1, 0.15) is 46.5 Å². The van der Waals surface area contributed by atoms with Gasteiger partial charge in [-0.1, -0.05) is 20.8 Å². The molecule has 0 fully saturated rings. The fourth-order valence-corrected chi connectivity index (χ4v) is 4.12. The van der Waals surface area contributed by atoms with E-state index in [0.717, 1.165) is 19.3 Å². The van der Waals surface area contributed by atoms with Crippen LogP contribution in [0.25, 0.3) is 0 Å². The van der Waals surface area contributed by atoms with E-state index in [1.807, 2.05) is 20.8 Å². The first kappa shape index (κ1) is 17.6. The van der Waals surface area contributed by atoms with Crippen molar-refractivity contribution in [3.8, 4) is 0 Å². The Hall–Kier alpha value is -0.433. The van der Waals surface area contributed by atoms with E-state index >= 15 is 0 Å². The molecule has 0 amide bonds. The highest BCUT2D eigenvalue weighted by molar-refractivity contribution is 6.60. The average Bonchev–Trinajstić information content (AvgIpc) is 2.37. The molecular weight excluding hydrogens is 252 g/mol. The highest BCUT2D eigenvalue weighted by Crippen LogP contribution is 2.19. The van der Waals surface area contributed by atoms with E-state index in [1.165, 1.54) is 0 Å². The topological polar surface area (TPSA) is 65.0 Å². The Morgan fingerprint density at radius 3 is 1.61 bits per heavy atom. The maximum atomic E-state index is 10.7. The molecule has 0 radical (unpaired) electrons. The molecule has 0 bridgehead atoms. The molecule has 0 unspecified atom stereocenters. The lowest BCUT2D eigenvalue weighted by Gasteiger charge is -2.29. The van der Waals surface area contributed by atoms with E-state index in [2.05, 4.69) is 0 Å². The van der Waals surface area contributed by atoms with E-state index < -0.39 is 14.8 Å². The summed E-state index contributed by atoms with van der Waals surface area (Å²) in [5, 5.41) is 8.81. The van der Waals surface area contributed by atoms with Crippen molar-refractivity contribution in [3.63, 3.8) is 0 Å². The molecule has 0 aliphatic carbocycles. The highest BCUT2D eigenvalue weighted by atomic mass is 28.4. The zero-order valence-electron chi connectivity index (χ0n) is 11.7. The van der Waals surface area contributed by atoms with Gasteiger partial charge in [-0.2, -0.15) is 0 Å². The van der Waals surface area contributed by atoms with Crippen LogP contribution >= 0.6 is 0 Å². The van der Waals surface area contributed by atoms with E-state index in [4.69, 9.17) is 18.4 Å². The maximum absolute atomic E-state index is 10.7. The summed E-state index contributed by atoms with van der Waals surface area (Å²) in [6.45, 7) is 7.69. The molecule has 0 aliphatic heterocycles. The molecule has 0 saturated heterocycles. The fourth-order valence-electron chi connectivity index (χ4n) is 1.37. The molecule has 0 rings (SSSR count). The largest absolute Gasteiger partial charge is 0.501 e. The second kappa shape index (κ2) is 10.5. The average molecular weight is 278 g/mol. The summed E-state index contributed by atoms with van der Waals surface area (Å²) >= 11 is 0. The quantitative estimate of drug-likeness (QED) is 0.556. The molecule has 18 heavy (non-hydrogen) atoms. The number of carboxylic acid groups (broad SMARTS) is 1. The van der Waals surface area contributed by atoms with Gasteiger partial charge in [-0.3, -0.25) is 4.79 Å². The minimum Gasteiger partial charge on any atom is -0.481 e. The second-order valence-electron chi connectivity index (χ2n) is 4.12. The lowest BCUT2D eigenvalue weighted by molar-refractivity contribution is -0.136. The summed E-state index contributed by atoms with van der Waals surface area (Å²) in [5.74, 6) is -0.841. The summed E-state index contributed by atoms with van der Waals surface area (Å²) in [5.41, 5.74) is 0. The van der Waals surface area contributed by atoms with Gasteiger partial charge >= 0.3 is 14.8 Å². The van der Waals surface area contributed by atoms with Crippen LogP contribution in [0.4, 0.5) is 0 Å². The molecule has 0 atom stereocenters. The van der Waals surface area contributed by atoms with Gasteiger partial charge in [-0.05, 0) is 19.3 Å². The molecule has 0 aromatic carbocycles. The van der Waals surface area contributed by atoms with Crippen LogP contribution in [0.3, 0.4) is 0 Å². The van der Waals surface area contributed by atoms with Gasteiger partial charge in [0.2, 0.25) is 0 Å². The molecule has 0 saturated carbocycles. The second-order valence-corrected chi connectivity index (χ2v) is 6.85. The third-order valence-electron chi connectivity index (χ3n) is 2.22. The normalized spacial score (nSPS) is 11.7. The minimum absolute atomic E-state index is 0.0311. The molecule has 0 aliphatic rings. The predicted octanol–water partition coefficient (Wildman–Crippen LogP) is 2.68. The van der Waals surface area contributed by atoms with Gasteiger partial charge in [0.05, 0.1) is 0 Å². The van der Waals surface area contributed by atoms with Crippen molar-refractivity contribution in [2.75, 3.05) is 19.8 Å². The summed E-state index contributed by atoms with van der Waals surface area (Å²) in [4.78, 5) is 10.7. The molecule has 0 aromatic rings. The van der Waals surface area contributed by atoms with Crippen LogP contribution in [0.2, 0.25) is 6.04 Å². The summed E-state index contributed by atoms with van der Waals surface area (Å²) in [6.07, 6.45) is 2.63. The fraction of sp³-hybridized carbons (Fsp3) is 0.917. The van der Waals surface area contributed by atoms with Crippen LogP contribution in [0.15, 0.2) is 0 Å². The van der Waals surface area contributed by atoms with Gasteiger partial charge in [0, 0.05) is 32.3 Å². The van der Waals surface area contributed by atoms with E-state index in [9.17, 15) is 4.79 Å². The standard InChI is InChI=1S/C12H26O5Si/c1-4-8-15-18(16-9-5-2,17-10-6-3)11-7-12(13)14/h4-11H2,1-3H3,(H,13,14). The zero-order valence-corrected chi connectivity index (χ0v) is 12.7. The van der Waals surface area contributed by atoms with Crippen molar-refractivity contribution in [2.24, 2.45) is 0 Å². The van der Waals surface area contributed by atoms with Gasteiger partial charge in [0.1, 0.15) is 0 Å². The third-order valence-corrected chi connectivity index (χ3v) is 5.02. The Balaban J connectivity index is 4.55. The van der Waals surface area contributed by atoms with Crippen molar-refractivity contribution in [3.05, 3.63) is 0 Å². The first-order valence-corrected chi connectivity index (χ1v) is 8.67. The summed E-state index contributed by atoms with van der Waals surface area (Å²) in [6, 6.07) is 0.350. The smallest absolute Gasteiger partial charge is 0.481 e. The summed E-state index contributed by atoms with van der Waals surface area (Å²) in [7, 11) is -2.80. The van der Waals surface area contributed by atoms with Crippen LogP contribution in [0, 0.1) is 0 Å². The molecule has 0 heterocycles. The Bertz CT molecular complexity index is 201. The third kappa shape index (κ3) is 7.81. The van der Waals surface area contributed by atoms with Crippen LogP contribution < -0.4 is 0 Å². The Kier molecular flexibility index (Phi) is 10.2. The monoisotopic (exact) mass is 278 g/mol. The van der Waals surface area contributed by atoms with Crippen molar-refractivity contribution >= 4 is 14.8 Å². The zero-order chi connectivity index (χ0) is 13.9. The number of hydrogen-bond donors (Lipinski definition) is 1. The van der Waals surface area contributed by atoms with Gasteiger partial charge in [-0.25, -0.2) is 0 Å². The first-order valence-electron chi connectivity index (χ1n) is 6.73. The van der Waals surface area contributed by atoms with Crippen LogP contribution in [-0.4, -0.2) is 39.7 Å². The van der Waals surface area contributed by atoms with Crippen molar-refractivity contribution in [1.82, 2.24) is 0 Å². The Morgan fingerprint density at radius 2 is 1.33 bits per heavy atom. The van der Waals surface area contributed by atoms with Gasteiger partial charge in [-0.15, -0.1) is 0 Å². The van der Waals surface area contributed by atoms with E-state index in [-0.39, 0.29) is 6.42 Å². The number of carbonyl (C=O) groups is 1. The lowest BCUT2D eigenvalue weighted by Crippen LogP contribution is -2.47. The molecule has 0 spiro atoms. The van der Waals surface area contributed by atoms with Crippen molar-refractivity contribution in [1.29, 1.82) is 0 Å². The number of carboxylic acids is 1. The molecule has 5 nitrogen and oxygen atoms in total. The van der Waals surface area contributed by atoms with Crippen LogP contribution in [0.5, 0.6) is 0 Å².